The van der Waals surface area contributed by atoms with Crippen LogP contribution in [0.3, 0.4) is 0 Å². The normalized spacial score (nSPS) is 16.4. The molecule has 0 bridgehead atoms. The van der Waals surface area contributed by atoms with Crippen LogP contribution in [0.15, 0.2) is 30.6 Å². The van der Waals surface area contributed by atoms with E-state index in [4.69, 9.17) is 5.84 Å². The lowest BCUT2D eigenvalue weighted by Gasteiger charge is -2.23. The van der Waals surface area contributed by atoms with Crippen LogP contribution in [-0.2, 0) is 19.3 Å². The molecule has 3 rings (SSSR count). The molecule has 0 saturated carbocycles. The van der Waals surface area contributed by atoms with Gasteiger partial charge in [0.25, 0.3) is 0 Å². The molecule has 1 unspecified atom stereocenters. The Morgan fingerprint density at radius 1 is 1.29 bits per heavy atom. The summed E-state index contributed by atoms with van der Waals surface area (Å²) in [6.45, 7) is 4.24. The van der Waals surface area contributed by atoms with Crippen molar-refractivity contribution in [1.29, 1.82) is 0 Å². The van der Waals surface area contributed by atoms with E-state index in [0.717, 1.165) is 25.1 Å². The summed E-state index contributed by atoms with van der Waals surface area (Å²) in [5.41, 5.74) is 5.91. The highest BCUT2D eigenvalue weighted by molar-refractivity contribution is 5.32. The molecule has 1 aliphatic rings. The average molecular weight is 285 g/mol. The van der Waals surface area contributed by atoms with E-state index in [0.29, 0.717) is 12.0 Å². The number of fused-ring (bicyclic) bond motifs is 1. The lowest BCUT2D eigenvalue weighted by Crippen LogP contribution is -2.43. The van der Waals surface area contributed by atoms with Crippen LogP contribution >= 0.6 is 0 Å². The van der Waals surface area contributed by atoms with Gasteiger partial charge in [-0.1, -0.05) is 24.3 Å². The van der Waals surface area contributed by atoms with Gasteiger partial charge in [0, 0.05) is 18.5 Å². The Hall–Kier alpha value is -1.72. The third-order valence-corrected chi connectivity index (χ3v) is 4.40. The molecule has 0 amide bonds. The first-order valence-corrected chi connectivity index (χ1v) is 7.60. The van der Waals surface area contributed by atoms with Crippen LogP contribution in [0, 0.1) is 5.92 Å². The minimum atomic E-state index is 0.221. The Morgan fingerprint density at radius 2 is 1.95 bits per heavy atom. The summed E-state index contributed by atoms with van der Waals surface area (Å²) in [6.07, 6.45) is 4.61. The van der Waals surface area contributed by atoms with Crippen LogP contribution < -0.4 is 11.3 Å². The van der Waals surface area contributed by atoms with Gasteiger partial charge in [-0.05, 0) is 43.7 Å². The van der Waals surface area contributed by atoms with Crippen LogP contribution in [0.5, 0.6) is 0 Å². The molecule has 1 aromatic carbocycles. The number of aromatic nitrogens is 3. The van der Waals surface area contributed by atoms with Gasteiger partial charge in [-0.25, -0.2) is 9.67 Å². The van der Waals surface area contributed by atoms with Gasteiger partial charge < -0.3 is 0 Å². The number of rotatable bonds is 5. The molecule has 3 N–H and O–H groups in total. The van der Waals surface area contributed by atoms with E-state index in [1.54, 1.807) is 6.33 Å². The first-order valence-electron chi connectivity index (χ1n) is 7.60. The van der Waals surface area contributed by atoms with Crippen LogP contribution in [0.4, 0.5) is 0 Å². The number of nitrogens with one attached hydrogen (secondary N) is 1. The monoisotopic (exact) mass is 285 g/mol. The van der Waals surface area contributed by atoms with E-state index in [1.165, 1.54) is 11.1 Å². The van der Waals surface area contributed by atoms with Gasteiger partial charge in [-0.15, -0.1) is 0 Å². The summed E-state index contributed by atoms with van der Waals surface area (Å²) in [4.78, 5) is 4.40. The summed E-state index contributed by atoms with van der Waals surface area (Å²) < 4.78 is 1.98. The largest absolute Gasteiger partial charge is 0.271 e. The van der Waals surface area contributed by atoms with Crippen molar-refractivity contribution in [3.8, 4) is 0 Å². The third-order valence-electron chi connectivity index (χ3n) is 4.40. The standard InChI is InChI=1S/C16H23N5/c1-11(2)21-16(18-10-19-21)9-15(20-17)14-7-12-5-3-4-6-13(12)8-14/h3-6,10-11,14-15,20H,7-9,17H2,1-2H3. The van der Waals surface area contributed by atoms with Crippen LogP contribution in [-0.4, -0.2) is 20.8 Å². The van der Waals surface area contributed by atoms with Crippen molar-refractivity contribution in [2.75, 3.05) is 0 Å². The number of nitrogens with two attached hydrogens (primary N) is 1. The Balaban J connectivity index is 1.74. The fraction of sp³-hybridized carbons (Fsp3) is 0.500. The van der Waals surface area contributed by atoms with E-state index in [2.05, 4.69) is 53.6 Å². The molecule has 1 aliphatic carbocycles. The molecular weight excluding hydrogens is 262 g/mol. The highest BCUT2D eigenvalue weighted by Gasteiger charge is 2.29. The summed E-state index contributed by atoms with van der Waals surface area (Å²) in [7, 11) is 0. The van der Waals surface area contributed by atoms with E-state index in [1.807, 2.05) is 4.68 Å². The maximum atomic E-state index is 5.82. The summed E-state index contributed by atoms with van der Waals surface area (Å²) in [6, 6.07) is 9.21. The second kappa shape index (κ2) is 5.95. The minimum absolute atomic E-state index is 0.221. The zero-order chi connectivity index (χ0) is 14.8. The number of hydrazine groups is 1. The SMILES string of the molecule is CC(C)n1ncnc1CC(NN)C1Cc2ccccc2C1. The van der Waals surface area contributed by atoms with Crippen molar-refractivity contribution in [1.82, 2.24) is 20.2 Å². The van der Waals surface area contributed by atoms with Gasteiger partial charge >= 0.3 is 0 Å². The molecule has 1 atom stereocenters. The van der Waals surface area contributed by atoms with Gasteiger partial charge in [0.1, 0.15) is 12.2 Å². The second-order valence-corrected chi connectivity index (χ2v) is 6.13. The van der Waals surface area contributed by atoms with E-state index in [9.17, 15) is 0 Å². The van der Waals surface area contributed by atoms with Crippen molar-refractivity contribution in [3.63, 3.8) is 0 Å². The number of hydrogen-bond acceptors (Lipinski definition) is 4. The Labute approximate surface area is 125 Å². The van der Waals surface area contributed by atoms with Gasteiger partial charge in [0.05, 0.1) is 0 Å². The summed E-state index contributed by atoms with van der Waals surface area (Å²) >= 11 is 0. The fourth-order valence-electron chi connectivity index (χ4n) is 3.29. The Kier molecular flexibility index (Phi) is 4.03. The molecular formula is C16H23N5. The molecule has 5 heteroatoms. The first-order chi connectivity index (χ1) is 10.2. The molecule has 5 nitrogen and oxygen atoms in total. The molecule has 1 aromatic heterocycles. The van der Waals surface area contributed by atoms with Gasteiger partial charge in [0.15, 0.2) is 0 Å². The fourth-order valence-corrected chi connectivity index (χ4v) is 3.29. The quantitative estimate of drug-likeness (QED) is 0.647. The molecule has 0 aliphatic heterocycles. The molecule has 0 radical (unpaired) electrons. The Bertz CT molecular complexity index is 579. The maximum Gasteiger partial charge on any atom is 0.138 e. The van der Waals surface area contributed by atoms with Crippen LogP contribution in [0.2, 0.25) is 0 Å². The van der Waals surface area contributed by atoms with E-state index >= 15 is 0 Å². The lowest BCUT2D eigenvalue weighted by atomic mass is 9.94. The van der Waals surface area contributed by atoms with Crippen LogP contribution in [0.1, 0.15) is 36.8 Å². The first kappa shape index (κ1) is 14.2. The van der Waals surface area contributed by atoms with Gasteiger partial charge in [-0.2, -0.15) is 5.10 Å². The lowest BCUT2D eigenvalue weighted by molar-refractivity contribution is 0.352. The van der Waals surface area contributed by atoms with Crippen molar-refractivity contribution in [3.05, 3.63) is 47.5 Å². The molecule has 0 spiro atoms. The summed E-state index contributed by atoms with van der Waals surface area (Å²) in [5.74, 6) is 7.34. The maximum absolute atomic E-state index is 5.82. The number of nitrogens with zero attached hydrogens (tertiary/aromatic N) is 3. The average Bonchev–Trinajstić information content (AvgIpc) is 3.10. The van der Waals surface area contributed by atoms with Crippen LogP contribution in [0.25, 0.3) is 0 Å². The molecule has 1 heterocycles. The zero-order valence-corrected chi connectivity index (χ0v) is 12.7. The molecule has 0 fully saturated rings. The molecule has 112 valence electrons. The summed E-state index contributed by atoms with van der Waals surface area (Å²) in [5, 5.41) is 4.31. The third kappa shape index (κ3) is 2.84. The highest BCUT2D eigenvalue weighted by atomic mass is 15.3. The van der Waals surface area contributed by atoms with E-state index in [-0.39, 0.29) is 6.04 Å². The minimum Gasteiger partial charge on any atom is -0.271 e. The molecule has 2 aromatic rings. The van der Waals surface area contributed by atoms with Crippen molar-refractivity contribution in [2.24, 2.45) is 11.8 Å². The van der Waals surface area contributed by atoms with Crippen molar-refractivity contribution < 1.29 is 0 Å². The topological polar surface area (TPSA) is 68.8 Å². The zero-order valence-electron chi connectivity index (χ0n) is 12.7. The molecule has 21 heavy (non-hydrogen) atoms. The number of benzene rings is 1. The van der Waals surface area contributed by atoms with Gasteiger partial charge in [-0.3, -0.25) is 11.3 Å². The van der Waals surface area contributed by atoms with Crippen molar-refractivity contribution >= 4 is 0 Å². The second-order valence-electron chi connectivity index (χ2n) is 6.13. The number of hydrogen-bond donors (Lipinski definition) is 2. The highest BCUT2D eigenvalue weighted by Crippen LogP contribution is 2.29. The van der Waals surface area contributed by atoms with E-state index < -0.39 is 0 Å². The Morgan fingerprint density at radius 3 is 2.52 bits per heavy atom. The van der Waals surface area contributed by atoms with Gasteiger partial charge in [0.2, 0.25) is 0 Å². The van der Waals surface area contributed by atoms with Crippen molar-refractivity contribution in [2.45, 2.75) is 45.2 Å². The predicted octanol–water partition coefficient (Wildman–Crippen LogP) is 1.65. The predicted molar refractivity (Wildman–Crippen MR) is 82.6 cm³/mol. The smallest absolute Gasteiger partial charge is 0.138 e. The molecule has 0 saturated heterocycles.